The third kappa shape index (κ3) is 3.47. The molecule has 1 saturated heterocycles. The number of aliphatic hydroxyl groups excluding tert-OH is 1. The highest BCUT2D eigenvalue weighted by Gasteiger charge is 2.25. The van der Waals surface area contributed by atoms with Crippen molar-refractivity contribution in [2.45, 2.75) is 30.9 Å². The monoisotopic (exact) mass is 251 g/mol. The lowest BCUT2D eigenvalue weighted by atomic mass is 10.0. The Balaban J connectivity index is 1.89. The van der Waals surface area contributed by atoms with Crippen LogP contribution in [0, 0.1) is 5.92 Å². The molecule has 1 fully saturated rings. The number of benzene rings is 1. The maximum Gasteiger partial charge on any atom is 0.0552 e. The van der Waals surface area contributed by atoms with E-state index in [2.05, 4.69) is 35.4 Å². The van der Waals surface area contributed by atoms with Crippen LogP contribution in [-0.2, 0) is 6.54 Å². The van der Waals surface area contributed by atoms with Crippen LogP contribution in [0.2, 0.25) is 0 Å². The molecule has 2 atom stereocenters. The third-order valence-corrected chi connectivity index (χ3v) is 4.30. The number of hydrogen-bond donors (Lipinski definition) is 1. The first kappa shape index (κ1) is 12.9. The molecule has 2 nitrogen and oxygen atoms in total. The summed E-state index contributed by atoms with van der Waals surface area (Å²) in [5, 5.41) is 9.57. The summed E-state index contributed by atoms with van der Waals surface area (Å²) in [7, 11) is 0. The van der Waals surface area contributed by atoms with Gasteiger partial charge in [-0.1, -0.05) is 12.1 Å². The van der Waals surface area contributed by atoms with Gasteiger partial charge in [0, 0.05) is 18.0 Å². The van der Waals surface area contributed by atoms with Gasteiger partial charge in [-0.3, -0.25) is 4.90 Å². The highest BCUT2D eigenvalue weighted by molar-refractivity contribution is 7.98. The highest BCUT2D eigenvalue weighted by atomic mass is 32.2. The molecule has 17 heavy (non-hydrogen) atoms. The van der Waals surface area contributed by atoms with Gasteiger partial charge in [-0.25, -0.2) is 0 Å². The fourth-order valence-corrected chi connectivity index (χ4v) is 2.80. The molecule has 0 aliphatic carbocycles. The van der Waals surface area contributed by atoms with E-state index >= 15 is 0 Å². The van der Waals surface area contributed by atoms with Crippen molar-refractivity contribution in [2.75, 3.05) is 19.3 Å². The highest BCUT2D eigenvalue weighted by Crippen LogP contribution is 2.22. The Morgan fingerprint density at radius 1 is 1.41 bits per heavy atom. The molecule has 1 aliphatic rings. The van der Waals surface area contributed by atoms with Crippen LogP contribution >= 0.6 is 11.8 Å². The van der Waals surface area contributed by atoms with Crippen molar-refractivity contribution in [3.63, 3.8) is 0 Å². The molecule has 0 radical (unpaired) electrons. The van der Waals surface area contributed by atoms with Gasteiger partial charge in [-0.05, 0) is 49.8 Å². The summed E-state index contributed by atoms with van der Waals surface area (Å²) in [5.41, 5.74) is 1.37. The first-order valence-corrected chi connectivity index (χ1v) is 7.45. The van der Waals surface area contributed by atoms with Crippen LogP contribution in [-0.4, -0.2) is 35.5 Å². The minimum Gasteiger partial charge on any atom is -0.393 e. The molecule has 0 saturated carbocycles. The molecule has 0 aromatic heterocycles. The van der Waals surface area contributed by atoms with Crippen LogP contribution in [0.15, 0.2) is 29.2 Å². The fourth-order valence-electron chi connectivity index (χ4n) is 2.39. The minimum atomic E-state index is -0.168. The number of aliphatic hydroxyl groups is 1. The Hall–Kier alpha value is -0.510. The van der Waals surface area contributed by atoms with Gasteiger partial charge in [-0.15, -0.1) is 11.8 Å². The van der Waals surface area contributed by atoms with E-state index in [1.54, 1.807) is 11.8 Å². The number of likely N-dealkylation sites (tertiary alicyclic amines) is 1. The predicted octanol–water partition coefficient (Wildman–Crippen LogP) is 2.61. The van der Waals surface area contributed by atoms with Gasteiger partial charge in [0.1, 0.15) is 0 Å². The van der Waals surface area contributed by atoms with Gasteiger partial charge in [-0.2, -0.15) is 0 Å². The molecule has 1 heterocycles. The van der Waals surface area contributed by atoms with E-state index in [0.29, 0.717) is 5.92 Å². The van der Waals surface area contributed by atoms with E-state index in [0.717, 1.165) is 26.1 Å². The van der Waals surface area contributed by atoms with Crippen LogP contribution in [0.3, 0.4) is 0 Å². The lowest BCUT2D eigenvalue weighted by Gasteiger charge is -2.17. The zero-order valence-electron chi connectivity index (χ0n) is 10.6. The minimum absolute atomic E-state index is 0.168. The van der Waals surface area contributed by atoms with Crippen molar-refractivity contribution in [1.29, 1.82) is 0 Å². The topological polar surface area (TPSA) is 23.5 Å². The van der Waals surface area contributed by atoms with Gasteiger partial charge in [0.05, 0.1) is 6.10 Å². The van der Waals surface area contributed by atoms with E-state index in [1.165, 1.54) is 10.5 Å². The van der Waals surface area contributed by atoms with Gasteiger partial charge < -0.3 is 5.11 Å². The first-order chi connectivity index (χ1) is 8.19. The molecule has 1 aromatic rings. The molecule has 0 bridgehead atoms. The molecule has 1 aliphatic heterocycles. The summed E-state index contributed by atoms with van der Waals surface area (Å²) >= 11 is 1.78. The van der Waals surface area contributed by atoms with E-state index < -0.39 is 0 Å². The lowest BCUT2D eigenvalue weighted by Crippen LogP contribution is -2.23. The van der Waals surface area contributed by atoms with Crippen molar-refractivity contribution in [3.05, 3.63) is 29.8 Å². The van der Waals surface area contributed by atoms with Crippen molar-refractivity contribution in [3.8, 4) is 0 Å². The average Bonchev–Trinajstić information content (AvgIpc) is 2.79. The van der Waals surface area contributed by atoms with Crippen molar-refractivity contribution in [1.82, 2.24) is 4.90 Å². The lowest BCUT2D eigenvalue weighted by molar-refractivity contribution is 0.127. The largest absolute Gasteiger partial charge is 0.393 e. The molecular weight excluding hydrogens is 230 g/mol. The van der Waals surface area contributed by atoms with Gasteiger partial charge in [0.15, 0.2) is 0 Å². The summed E-state index contributed by atoms with van der Waals surface area (Å²) < 4.78 is 0. The normalized spacial score (nSPS) is 22.9. The Morgan fingerprint density at radius 3 is 2.65 bits per heavy atom. The number of hydrogen-bond acceptors (Lipinski definition) is 3. The second-order valence-corrected chi connectivity index (χ2v) is 5.75. The van der Waals surface area contributed by atoms with Crippen LogP contribution in [0.1, 0.15) is 18.9 Å². The average molecular weight is 251 g/mol. The van der Waals surface area contributed by atoms with E-state index in [1.807, 2.05) is 6.92 Å². The van der Waals surface area contributed by atoms with Crippen LogP contribution in [0.4, 0.5) is 0 Å². The molecular formula is C14H21NOS. The summed E-state index contributed by atoms with van der Waals surface area (Å²) in [4.78, 5) is 3.75. The Morgan fingerprint density at radius 2 is 2.12 bits per heavy atom. The molecule has 0 amide bonds. The third-order valence-electron chi connectivity index (χ3n) is 3.56. The first-order valence-electron chi connectivity index (χ1n) is 6.22. The number of thioether (sulfide) groups is 1. The standard InChI is InChI=1S/C14H21NOS/c1-11(16)13-7-8-15(10-13)9-12-3-5-14(17-2)6-4-12/h3-6,11,13,16H,7-10H2,1-2H3. The fraction of sp³-hybridized carbons (Fsp3) is 0.571. The predicted molar refractivity (Wildman–Crippen MR) is 73.3 cm³/mol. The maximum atomic E-state index is 9.57. The van der Waals surface area contributed by atoms with Crippen molar-refractivity contribution in [2.24, 2.45) is 5.92 Å². The number of nitrogens with zero attached hydrogens (tertiary/aromatic N) is 1. The second kappa shape index (κ2) is 5.89. The summed E-state index contributed by atoms with van der Waals surface area (Å²) in [6.07, 6.45) is 3.06. The molecule has 3 heteroatoms. The maximum absolute atomic E-state index is 9.57. The van der Waals surface area contributed by atoms with Gasteiger partial charge in [0.2, 0.25) is 0 Å². The second-order valence-electron chi connectivity index (χ2n) is 4.87. The molecule has 1 aromatic carbocycles. The molecule has 2 unspecified atom stereocenters. The van der Waals surface area contributed by atoms with Crippen LogP contribution < -0.4 is 0 Å². The van der Waals surface area contributed by atoms with E-state index in [-0.39, 0.29) is 6.10 Å². The Labute approximate surface area is 108 Å². The summed E-state index contributed by atoms with van der Waals surface area (Å²) in [5.74, 6) is 0.459. The van der Waals surface area contributed by atoms with Gasteiger partial charge >= 0.3 is 0 Å². The van der Waals surface area contributed by atoms with Crippen LogP contribution in [0.5, 0.6) is 0 Å². The summed E-state index contributed by atoms with van der Waals surface area (Å²) in [6, 6.07) is 8.79. The quantitative estimate of drug-likeness (QED) is 0.832. The van der Waals surface area contributed by atoms with E-state index in [9.17, 15) is 5.11 Å². The zero-order valence-corrected chi connectivity index (χ0v) is 11.4. The number of rotatable bonds is 4. The molecule has 1 N–H and O–H groups in total. The molecule has 0 spiro atoms. The SMILES string of the molecule is CSc1ccc(CN2CCC(C(C)O)C2)cc1. The Kier molecular flexibility index (Phi) is 4.48. The van der Waals surface area contributed by atoms with Crippen LogP contribution in [0.25, 0.3) is 0 Å². The van der Waals surface area contributed by atoms with Crippen molar-refractivity contribution >= 4 is 11.8 Å². The zero-order chi connectivity index (χ0) is 12.3. The van der Waals surface area contributed by atoms with Crippen molar-refractivity contribution < 1.29 is 5.11 Å². The Bertz CT molecular complexity index is 350. The summed E-state index contributed by atoms with van der Waals surface area (Å²) in [6.45, 7) is 5.06. The molecule has 2 rings (SSSR count). The molecule has 94 valence electrons. The van der Waals surface area contributed by atoms with E-state index in [4.69, 9.17) is 0 Å². The smallest absolute Gasteiger partial charge is 0.0552 e. The van der Waals surface area contributed by atoms with Gasteiger partial charge in [0.25, 0.3) is 0 Å².